The lowest BCUT2D eigenvalue weighted by molar-refractivity contribution is 0.0948. The first kappa shape index (κ1) is 16.7. The number of carbonyl (C=O) groups excluding carboxylic acids is 1. The Hall–Kier alpha value is -0.660. The molecule has 21 heavy (non-hydrogen) atoms. The molecule has 0 aliphatic heterocycles. The first-order valence-corrected chi connectivity index (χ1v) is 9.58. The lowest BCUT2D eigenvalue weighted by Crippen LogP contribution is -2.27. The van der Waals surface area contributed by atoms with Crippen LogP contribution in [0.3, 0.4) is 0 Å². The fourth-order valence-corrected chi connectivity index (χ4v) is 4.33. The highest BCUT2D eigenvalue weighted by Gasteiger charge is 2.37. The molecule has 0 saturated heterocycles. The van der Waals surface area contributed by atoms with Crippen molar-refractivity contribution in [2.24, 2.45) is 5.92 Å². The minimum absolute atomic E-state index is 0.0583. The predicted molar refractivity (Wildman–Crippen MR) is 81.4 cm³/mol. The second-order valence-corrected chi connectivity index (χ2v) is 8.40. The first-order chi connectivity index (χ1) is 9.74. The van der Waals surface area contributed by atoms with E-state index in [1.165, 1.54) is 0 Å². The van der Waals surface area contributed by atoms with E-state index < -0.39 is 25.7 Å². The maximum Gasteiger partial charge on any atom is 0.262 e. The lowest BCUT2D eigenvalue weighted by Gasteiger charge is -2.08. The topological polar surface area (TPSA) is 63.2 Å². The molecule has 1 saturated carbocycles. The molecule has 0 aromatic heterocycles. The molecule has 116 valence electrons. The van der Waals surface area contributed by atoms with Crippen molar-refractivity contribution in [3.63, 3.8) is 0 Å². The van der Waals surface area contributed by atoms with Crippen LogP contribution in [0, 0.1) is 11.7 Å². The van der Waals surface area contributed by atoms with E-state index in [0.717, 1.165) is 31.4 Å². The second-order valence-electron chi connectivity index (χ2n) is 5.07. The third-order valence-electron chi connectivity index (χ3n) is 3.42. The Labute approximate surface area is 135 Å². The van der Waals surface area contributed by atoms with Crippen LogP contribution in [0.25, 0.3) is 0 Å². The number of nitrogens with one attached hydrogen (secondary N) is 1. The number of carbonyl (C=O) groups is 1. The Bertz CT molecular complexity index is 680. The molecule has 2 unspecified atom stereocenters. The molecule has 0 radical (unpaired) electrons. The number of halogens is 3. The van der Waals surface area contributed by atoms with Gasteiger partial charge in [0.2, 0.25) is 0 Å². The number of hydrogen-bond donors (Lipinski definition) is 1. The molecule has 1 amide bonds. The quantitative estimate of drug-likeness (QED) is 0.773. The largest absolute Gasteiger partial charge is 0.349 e. The average molecular weight is 399 g/mol. The second kappa shape index (κ2) is 6.22. The summed E-state index contributed by atoms with van der Waals surface area (Å²) >= 11 is 2.82. The van der Waals surface area contributed by atoms with E-state index in [9.17, 15) is 17.6 Å². The minimum Gasteiger partial charge on any atom is -0.349 e. The number of amides is 1. The van der Waals surface area contributed by atoms with Gasteiger partial charge in [-0.1, -0.05) is 13.3 Å². The van der Waals surface area contributed by atoms with Crippen molar-refractivity contribution in [2.75, 3.05) is 0 Å². The first-order valence-electron chi connectivity index (χ1n) is 6.48. The van der Waals surface area contributed by atoms with Crippen molar-refractivity contribution in [1.29, 1.82) is 0 Å². The molecule has 2 atom stereocenters. The maximum atomic E-state index is 13.7. The van der Waals surface area contributed by atoms with E-state index in [1.54, 1.807) is 0 Å². The highest BCUT2D eigenvalue weighted by atomic mass is 79.9. The highest BCUT2D eigenvalue weighted by molar-refractivity contribution is 9.10. The van der Waals surface area contributed by atoms with Crippen molar-refractivity contribution >= 4 is 41.6 Å². The van der Waals surface area contributed by atoms with Crippen molar-refractivity contribution in [3.05, 3.63) is 28.0 Å². The Morgan fingerprint density at radius 1 is 1.52 bits per heavy atom. The lowest BCUT2D eigenvalue weighted by atomic mass is 10.2. The summed E-state index contributed by atoms with van der Waals surface area (Å²) in [7, 11) is 1.10. The third kappa shape index (κ3) is 3.96. The standard InChI is InChI=1S/C13H14BrClFNO3S/c1-2-3-7-5-10(7)17-13(18)8-4-9(16)12(14)11(6-8)21(15,19)20/h4,6-7,10H,2-3,5H2,1H3,(H,17,18). The zero-order chi connectivity index (χ0) is 15.8. The molecule has 1 fully saturated rings. The van der Waals surface area contributed by atoms with Gasteiger partial charge in [-0.3, -0.25) is 4.79 Å². The van der Waals surface area contributed by atoms with E-state index in [-0.39, 0.29) is 16.1 Å². The normalized spacial score (nSPS) is 21.1. The summed E-state index contributed by atoms with van der Waals surface area (Å²) in [5, 5.41) is 2.77. The van der Waals surface area contributed by atoms with Gasteiger partial charge in [-0.05, 0) is 46.8 Å². The summed E-state index contributed by atoms with van der Waals surface area (Å²) in [4.78, 5) is 11.6. The van der Waals surface area contributed by atoms with E-state index in [0.29, 0.717) is 5.92 Å². The average Bonchev–Trinajstić information content (AvgIpc) is 3.09. The van der Waals surface area contributed by atoms with Crippen LogP contribution >= 0.6 is 26.6 Å². The maximum absolute atomic E-state index is 13.7. The fourth-order valence-electron chi connectivity index (χ4n) is 2.24. The van der Waals surface area contributed by atoms with Crippen LogP contribution in [0.5, 0.6) is 0 Å². The van der Waals surface area contributed by atoms with Crippen molar-refractivity contribution < 1.29 is 17.6 Å². The number of benzene rings is 1. The van der Waals surface area contributed by atoms with Crippen LogP contribution < -0.4 is 5.32 Å². The van der Waals surface area contributed by atoms with Crippen molar-refractivity contribution in [3.8, 4) is 0 Å². The Morgan fingerprint density at radius 3 is 2.76 bits per heavy atom. The zero-order valence-corrected chi connectivity index (χ0v) is 14.4. The molecule has 2 rings (SSSR count). The van der Waals surface area contributed by atoms with Gasteiger partial charge in [-0.15, -0.1) is 0 Å². The van der Waals surface area contributed by atoms with Crippen LogP contribution in [0.1, 0.15) is 36.5 Å². The molecule has 4 nitrogen and oxygen atoms in total. The van der Waals surface area contributed by atoms with E-state index in [2.05, 4.69) is 28.2 Å². The van der Waals surface area contributed by atoms with Crippen LogP contribution in [-0.2, 0) is 9.05 Å². The molecular formula is C13H14BrClFNO3S. The van der Waals surface area contributed by atoms with Gasteiger partial charge in [0.25, 0.3) is 15.0 Å². The molecular weight excluding hydrogens is 385 g/mol. The van der Waals surface area contributed by atoms with Gasteiger partial charge in [0.15, 0.2) is 0 Å². The fraction of sp³-hybridized carbons (Fsp3) is 0.462. The van der Waals surface area contributed by atoms with Gasteiger partial charge >= 0.3 is 0 Å². The summed E-state index contributed by atoms with van der Waals surface area (Å²) in [5.41, 5.74) is -0.0583. The van der Waals surface area contributed by atoms with Crippen LogP contribution in [0.15, 0.2) is 21.5 Å². The molecule has 1 aliphatic carbocycles. The smallest absolute Gasteiger partial charge is 0.262 e. The van der Waals surface area contributed by atoms with E-state index in [4.69, 9.17) is 10.7 Å². The molecule has 0 heterocycles. The van der Waals surface area contributed by atoms with Crippen LogP contribution in [0.2, 0.25) is 0 Å². The van der Waals surface area contributed by atoms with Gasteiger partial charge in [0.05, 0.1) is 4.47 Å². The van der Waals surface area contributed by atoms with Gasteiger partial charge < -0.3 is 5.32 Å². The van der Waals surface area contributed by atoms with E-state index >= 15 is 0 Å². The van der Waals surface area contributed by atoms with E-state index in [1.807, 2.05) is 0 Å². The molecule has 0 spiro atoms. The Balaban J connectivity index is 2.21. The van der Waals surface area contributed by atoms with Gasteiger partial charge in [0.1, 0.15) is 10.7 Å². The van der Waals surface area contributed by atoms with Crippen molar-refractivity contribution in [2.45, 2.75) is 37.1 Å². The molecule has 8 heteroatoms. The molecule has 1 aliphatic rings. The van der Waals surface area contributed by atoms with Gasteiger partial charge in [0, 0.05) is 22.3 Å². The number of hydrogen-bond acceptors (Lipinski definition) is 3. The van der Waals surface area contributed by atoms with Crippen LogP contribution in [-0.4, -0.2) is 20.4 Å². The van der Waals surface area contributed by atoms with Gasteiger partial charge in [-0.25, -0.2) is 12.8 Å². The van der Waals surface area contributed by atoms with Crippen LogP contribution in [0.4, 0.5) is 4.39 Å². The summed E-state index contributed by atoms with van der Waals surface area (Å²) in [6, 6.07) is 2.14. The minimum atomic E-state index is -4.14. The summed E-state index contributed by atoms with van der Waals surface area (Å²) < 4.78 is 36.2. The third-order valence-corrected chi connectivity index (χ3v) is 5.83. The SMILES string of the molecule is CCCC1CC1NC(=O)c1cc(F)c(Br)c(S(=O)(=O)Cl)c1. The molecule has 1 aromatic rings. The Morgan fingerprint density at radius 2 is 2.19 bits per heavy atom. The predicted octanol–water partition coefficient (Wildman–Crippen LogP) is 3.43. The summed E-state index contributed by atoms with van der Waals surface area (Å²) in [6.45, 7) is 2.07. The Kier molecular flexibility index (Phi) is 4.95. The molecule has 0 bridgehead atoms. The van der Waals surface area contributed by atoms with Crippen molar-refractivity contribution in [1.82, 2.24) is 5.32 Å². The molecule has 1 N–H and O–H groups in total. The summed E-state index contributed by atoms with van der Waals surface area (Å²) in [6.07, 6.45) is 2.97. The number of rotatable bonds is 5. The monoisotopic (exact) mass is 397 g/mol. The summed E-state index contributed by atoms with van der Waals surface area (Å²) in [5.74, 6) is -0.884. The molecule has 1 aromatic carbocycles. The van der Waals surface area contributed by atoms with Gasteiger partial charge in [-0.2, -0.15) is 0 Å². The highest BCUT2D eigenvalue weighted by Crippen LogP contribution is 2.35. The zero-order valence-electron chi connectivity index (χ0n) is 11.2.